The third-order valence-electron chi connectivity index (χ3n) is 7.94. The molecule has 3 aromatic carbocycles. The molecule has 0 radical (unpaired) electrons. The number of nitrogens with two attached hydrogens (primary N) is 1. The quantitative estimate of drug-likeness (QED) is 0.206. The normalized spacial score (nSPS) is 16.5. The van der Waals surface area contributed by atoms with Crippen LogP contribution in [0.1, 0.15) is 82.4 Å². The van der Waals surface area contributed by atoms with Crippen molar-refractivity contribution in [2.24, 2.45) is 17.1 Å². The van der Waals surface area contributed by atoms with Gasteiger partial charge in [0, 0.05) is 35.8 Å². The molecule has 5 rings (SSSR count). The van der Waals surface area contributed by atoms with E-state index >= 15 is 0 Å². The van der Waals surface area contributed by atoms with E-state index in [1.807, 2.05) is 24.4 Å². The average molecular weight is 534 g/mol. The van der Waals surface area contributed by atoms with E-state index in [-0.39, 0.29) is 42.8 Å². The number of benzene rings is 3. The molecule has 1 amide bonds. The lowest BCUT2D eigenvalue weighted by Crippen LogP contribution is -2.32. The van der Waals surface area contributed by atoms with E-state index in [0.717, 1.165) is 33.4 Å². The van der Waals surface area contributed by atoms with Crippen molar-refractivity contribution in [1.29, 1.82) is 0 Å². The van der Waals surface area contributed by atoms with Crippen LogP contribution in [0.3, 0.4) is 0 Å². The van der Waals surface area contributed by atoms with E-state index in [1.165, 1.54) is 10.8 Å². The molecule has 5 nitrogen and oxygen atoms in total. The highest BCUT2D eigenvalue weighted by Gasteiger charge is 2.36. The fraction of sp³-hybridized carbons (Fsp3) is 0.406. The summed E-state index contributed by atoms with van der Waals surface area (Å²) in [6.07, 6.45) is 2.02. The van der Waals surface area contributed by atoms with Crippen LogP contribution in [-0.2, 0) is 4.79 Å². The maximum Gasteiger partial charge on any atom is 0.248 e. The Labute approximate surface area is 228 Å². The van der Waals surface area contributed by atoms with Crippen molar-refractivity contribution in [3.05, 3.63) is 66.1 Å². The highest BCUT2D eigenvalue weighted by molar-refractivity contribution is 6.03. The molecule has 0 bridgehead atoms. The summed E-state index contributed by atoms with van der Waals surface area (Å²) in [7, 11) is 0. The number of nitrogens with zero attached hydrogens (tertiary/aromatic N) is 1. The van der Waals surface area contributed by atoms with Gasteiger partial charge in [0.15, 0.2) is 5.78 Å². The summed E-state index contributed by atoms with van der Waals surface area (Å²) in [6.45, 7) is 10.5. The first kappa shape index (κ1) is 28.4. The number of H-pyrrole nitrogens is 1. The molecule has 0 unspecified atom stereocenters. The number of rotatable bonds is 4. The third kappa shape index (κ3) is 6.70. The van der Waals surface area contributed by atoms with Crippen LogP contribution in [0.25, 0.3) is 32.8 Å². The van der Waals surface area contributed by atoms with Crippen molar-refractivity contribution >= 4 is 33.2 Å². The van der Waals surface area contributed by atoms with Crippen LogP contribution in [0.2, 0.25) is 0 Å². The molecule has 1 aliphatic rings. The van der Waals surface area contributed by atoms with Gasteiger partial charge in [-0.05, 0) is 71.0 Å². The van der Waals surface area contributed by atoms with Crippen molar-refractivity contribution in [1.82, 2.24) is 9.97 Å². The van der Waals surface area contributed by atoms with Gasteiger partial charge in [-0.2, -0.15) is 0 Å². The van der Waals surface area contributed by atoms with Crippen molar-refractivity contribution in [2.45, 2.75) is 72.1 Å². The summed E-state index contributed by atoms with van der Waals surface area (Å²) in [5.74, 6) is -1.86. The Bertz CT molecular complexity index is 1510. The molecule has 1 aliphatic carbocycles. The molecule has 3 N–H and O–H groups in total. The second-order valence-corrected chi connectivity index (χ2v) is 11.8. The predicted octanol–water partition coefficient (Wildman–Crippen LogP) is 8.03. The summed E-state index contributed by atoms with van der Waals surface area (Å²) >= 11 is 0. The van der Waals surface area contributed by atoms with Crippen LogP contribution in [0.4, 0.5) is 8.78 Å². The minimum absolute atomic E-state index is 0.0943. The molecule has 206 valence electrons. The lowest BCUT2D eigenvalue weighted by molar-refractivity contribution is -0.125. The summed E-state index contributed by atoms with van der Waals surface area (Å²) in [6, 6.07) is 16.7. The van der Waals surface area contributed by atoms with Gasteiger partial charge in [-0.15, -0.1) is 0 Å². The zero-order valence-corrected chi connectivity index (χ0v) is 23.3. The number of aromatic nitrogens is 2. The van der Waals surface area contributed by atoms with Gasteiger partial charge in [0.2, 0.25) is 11.8 Å². The Morgan fingerprint density at radius 1 is 0.974 bits per heavy atom. The molecule has 1 fully saturated rings. The molecular formula is C32H37F2N3O2. The number of carbonyl (C=O) groups excluding carboxylic acids is 2. The lowest BCUT2D eigenvalue weighted by atomic mass is 9.82. The van der Waals surface area contributed by atoms with Crippen molar-refractivity contribution < 1.29 is 18.4 Å². The first-order valence-electron chi connectivity index (χ1n) is 13.4. The van der Waals surface area contributed by atoms with Gasteiger partial charge in [0.25, 0.3) is 0 Å². The Balaban J connectivity index is 0.000000270. The molecule has 1 aromatic heterocycles. The predicted molar refractivity (Wildman–Crippen MR) is 153 cm³/mol. The molecule has 1 saturated carbocycles. The summed E-state index contributed by atoms with van der Waals surface area (Å²) in [4.78, 5) is 30.3. The Morgan fingerprint density at radius 3 is 2.13 bits per heavy atom. The number of halogens is 2. The zero-order valence-electron chi connectivity index (χ0n) is 23.3. The van der Waals surface area contributed by atoms with Crippen LogP contribution in [0.15, 0.2) is 54.7 Å². The van der Waals surface area contributed by atoms with Gasteiger partial charge in [0.1, 0.15) is 5.82 Å². The fourth-order valence-corrected chi connectivity index (χ4v) is 4.82. The summed E-state index contributed by atoms with van der Waals surface area (Å²) < 4.78 is 25.0. The van der Waals surface area contributed by atoms with E-state index in [2.05, 4.69) is 68.0 Å². The molecule has 39 heavy (non-hydrogen) atoms. The number of primary amides is 1. The van der Waals surface area contributed by atoms with Gasteiger partial charge in [-0.1, -0.05) is 52.0 Å². The molecule has 7 heteroatoms. The lowest BCUT2D eigenvalue weighted by Gasteiger charge is -2.25. The van der Waals surface area contributed by atoms with Gasteiger partial charge in [-0.3, -0.25) is 9.59 Å². The van der Waals surface area contributed by atoms with Crippen LogP contribution in [0, 0.1) is 11.3 Å². The maximum atomic E-state index is 12.5. The molecular weight excluding hydrogens is 496 g/mol. The minimum Gasteiger partial charge on any atom is -0.369 e. The number of nitrogens with one attached hydrogen (secondary N) is 1. The molecule has 1 heterocycles. The van der Waals surface area contributed by atoms with E-state index in [0.29, 0.717) is 5.92 Å². The number of imidazole rings is 1. The Kier molecular flexibility index (Phi) is 7.92. The number of fused-ring (bicyclic) bond motifs is 2. The average Bonchev–Trinajstić information content (AvgIpc) is 3.36. The van der Waals surface area contributed by atoms with E-state index in [1.54, 1.807) is 6.92 Å². The molecule has 0 spiro atoms. The maximum absolute atomic E-state index is 12.5. The third-order valence-corrected chi connectivity index (χ3v) is 7.94. The standard InChI is InChI=1S/C25H26N2O.C7H11F2NO/c1-15(25(3,4)5)24-26-14-23(27-24)20-9-8-19-11-21-10-17(16(2)28)6-7-18(21)12-22(19)13-20;8-7(9)3-1-5(2-4-7)6(10)11/h6-15H,1-5H3,(H,26,27);5H,1-4H2,(H2,10,11)/t15-;/m1./s1. The number of carbonyl (C=O) groups is 2. The number of alkyl halides is 2. The van der Waals surface area contributed by atoms with Gasteiger partial charge >= 0.3 is 0 Å². The van der Waals surface area contributed by atoms with Crippen LogP contribution in [0.5, 0.6) is 0 Å². The van der Waals surface area contributed by atoms with Gasteiger partial charge in [0.05, 0.1) is 11.9 Å². The minimum atomic E-state index is -2.56. The van der Waals surface area contributed by atoms with Crippen molar-refractivity contribution in [3.8, 4) is 11.3 Å². The number of hydrogen-bond donors (Lipinski definition) is 2. The zero-order chi connectivity index (χ0) is 28.5. The number of Topliss-reactive ketones (excluding diaryl/α,β-unsaturated/α-hetero) is 1. The molecule has 0 aliphatic heterocycles. The Morgan fingerprint density at radius 2 is 1.56 bits per heavy atom. The van der Waals surface area contributed by atoms with Crippen LogP contribution < -0.4 is 5.73 Å². The number of aromatic amines is 1. The van der Waals surface area contributed by atoms with Gasteiger partial charge in [-0.25, -0.2) is 13.8 Å². The first-order valence-corrected chi connectivity index (χ1v) is 13.4. The van der Waals surface area contributed by atoms with E-state index < -0.39 is 11.8 Å². The first-order chi connectivity index (χ1) is 18.2. The van der Waals surface area contributed by atoms with Crippen molar-refractivity contribution in [2.75, 3.05) is 0 Å². The monoisotopic (exact) mass is 533 g/mol. The Hall–Kier alpha value is -3.61. The number of hydrogen-bond acceptors (Lipinski definition) is 3. The second kappa shape index (κ2) is 10.9. The van der Waals surface area contributed by atoms with Gasteiger partial charge < -0.3 is 10.7 Å². The van der Waals surface area contributed by atoms with Crippen LogP contribution >= 0.6 is 0 Å². The summed E-state index contributed by atoms with van der Waals surface area (Å²) in [5, 5.41) is 4.58. The smallest absolute Gasteiger partial charge is 0.248 e. The van der Waals surface area contributed by atoms with E-state index in [4.69, 9.17) is 5.73 Å². The highest BCUT2D eigenvalue weighted by Crippen LogP contribution is 2.36. The SMILES string of the molecule is CC(=O)c1ccc2cc3cc(-c4cnc([C@@H](C)C(C)(C)C)[nH]4)ccc3cc2c1.NC(=O)C1CCC(F)(F)CC1. The van der Waals surface area contributed by atoms with Crippen LogP contribution in [-0.4, -0.2) is 27.6 Å². The number of ketones is 1. The molecule has 4 aromatic rings. The van der Waals surface area contributed by atoms with Crippen molar-refractivity contribution in [3.63, 3.8) is 0 Å². The highest BCUT2D eigenvalue weighted by atomic mass is 19.3. The molecule has 0 saturated heterocycles. The van der Waals surface area contributed by atoms with E-state index in [9.17, 15) is 18.4 Å². The topological polar surface area (TPSA) is 88.8 Å². The second-order valence-electron chi connectivity index (χ2n) is 11.8. The number of amides is 1. The fourth-order valence-electron chi connectivity index (χ4n) is 4.82. The summed E-state index contributed by atoms with van der Waals surface area (Å²) in [5.41, 5.74) is 8.06. The largest absolute Gasteiger partial charge is 0.369 e. The molecule has 1 atom stereocenters.